The summed E-state index contributed by atoms with van der Waals surface area (Å²) in [5.74, 6) is 8.49. The molecule has 2 heterocycles. The number of aliphatic hydroxyl groups excluding tert-OH is 1. The third kappa shape index (κ3) is 3.56. The Morgan fingerprint density at radius 3 is 2.81 bits per heavy atom. The minimum absolute atomic E-state index is 0.509. The third-order valence-corrected chi connectivity index (χ3v) is 4.71. The van der Waals surface area contributed by atoms with Crippen molar-refractivity contribution in [3.63, 3.8) is 0 Å². The topological polar surface area (TPSA) is 64.1 Å². The van der Waals surface area contributed by atoms with E-state index in [-0.39, 0.29) is 0 Å². The van der Waals surface area contributed by atoms with Gasteiger partial charge < -0.3 is 14.2 Å². The summed E-state index contributed by atoms with van der Waals surface area (Å²) in [5.41, 5.74) is 2.79. The van der Waals surface area contributed by atoms with Gasteiger partial charge in [0.25, 0.3) is 0 Å². The molecule has 3 aromatic rings. The quantitative estimate of drug-likeness (QED) is 0.729. The lowest BCUT2D eigenvalue weighted by Crippen LogP contribution is -2.07. The zero-order valence-electron chi connectivity index (χ0n) is 14.7. The highest BCUT2D eigenvalue weighted by atomic mass is 16.5. The second kappa shape index (κ2) is 7.19. The van der Waals surface area contributed by atoms with Crippen LogP contribution in [0.1, 0.15) is 49.4 Å². The molecule has 0 amide bonds. The molecule has 0 unspecified atom stereocenters. The minimum Gasteiger partial charge on any atom is -0.385 e. The monoisotopic (exact) mass is 347 g/mol. The van der Waals surface area contributed by atoms with Gasteiger partial charge in [-0.15, -0.1) is 0 Å². The van der Waals surface area contributed by atoms with Crippen molar-refractivity contribution in [1.29, 1.82) is 0 Å². The second-order valence-electron chi connectivity index (χ2n) is 6.75. The van der Waals surface area contributed by atoms with E-state index >= 15 is 0 Å². The molecule has 1 aliphatic rings. The molecule has 1 aromatic carbocycles. The van der Waals surface area contributed by atoms with E-state index in [1.165, 1.54) is 19.3 Å². The van der Waals surface area contributed by atoms with Crippen molar-refractivity contribution in [2.24, 2.45) is 5.92 Å². The van der Waals surface area contributed by atoms with Crippen molar-refractivity contribution in [2.45, 2.75) is 38.8 Å². The van der Waals surface area contributed by atoms with Crippen LogP contribution >= 0.6 is 0 Å². The van der Waals surface area contributed by atoms with Gasteiger partial charge in [0.05, 0.1) is 6.54 Å². The van der Waals surface area contributed by atoms with E-state index in [4.69, 9.17) is 4.52 Å². The van der Waals surface area contributed by atoms with Crippen LogP contribution in [0.4, 0.5) is 0 Å². The Balaban J connectivity index is 1.47. The number of imidazole rings is 1. The van der Waals surface area contributed by atoms with Crippen LogP contribution in [0.5, 0.6) is 0 Å². The first kappa shape index (κ1) is 16.6. The number of aromatic nitrogens is 3. The molecule has 5 heteroatoms. The number of hydrogen-bond donors (Lipinski definition) is 1. The van der Waals surface area contributed by atoms with Crippen LogP contribution in [-0.2, 0) is 6.54 Å². The molecule has 0 aliphatic heterocycles. The van der Waals surface area contributed by atoms with Crippen LogP contribution in [0, 0.1) is 17.8 Å². The minimum atomic E-state index is -0.620. The third-order valence-electron chi connectivity index (χ3n) is 4.71. The Kier molecular flexibility index (Phi) is 4.59. The summed E-state index contributed by atoms with van der Waals surface area (Å²) in [6, 6.07) is 9.97. The summed E-state index contributed by atoms with van der Waals surface area (Å²) in [6.07, 6.45) is 6.66. The van der Waals surface area contributed by atoms with Gasteiger partial charge in [-0.05, 0) is 44.0 Å². The molecule has 5 nitrogen and oxygen atoms in total. The van der Waals surface area contributed by atoms with Gasteiger partial charge >= 0.3 is 0 Å². The number of nitrogens with zero attached hydrogens (tertiary/aromatic N) is 3. The SMILES string of the molecule is C[C@H](O)c1nccn1Cc1cc(-c2ccc(C#CC3CCC3)cc2)on1. The Labute approximate surface area is 152 Å². The smallest absolute Gasteiger partial charge is 0.167 e. The summed E-state index contributed by atoms with van der Waals surface area (Å²) in [4.78, 5) is 4.17. The van der Waals surface area contributed by atoms with E-state index in [1.807, 2.05) is 41.1 Å². The first-order chi connectivity index (χ1) is 12.7. The highest BCUT2D eigenvalue weighted by Gasteiger charge is 2.14. The fraction of sp³-hybridized carbons (Fsp3) is 0.333. The van der Waals surface area contributed by atoms with Gasteiger partial charge in [-0.1, -0.05) is 23.4 Å². The molecule has 4 rings (SSSR count). The van der Waals surface area contributed by atoms with Crippen molar-refractivity contribution in [3.8, 4) is 23.2 Å². The summed E-state index contributed by atoms with van der Waals surface area (Å²) >= 11 is 0. The van der Waals surface area contributed by atoms with E-state index in [9.17, 15) is 5.11 Å². The largest absolute Gasteiger partial charge is 0.385 e. The zero-order valence-corrected chi connectivity index (χ0v) is 14.7. The molecule has 1 aliphatic carbocycles. The van der Waals surface area contributed by atoms with Crippen molar-refractivity contribution in [3.05, 3.63) is 59.8 Å². The Morgan fingerprint density at radius 1 is 1.31 bits per heavy atom. The Hall–Kier alpha value is -2.84. The summed E-state index contributed by atoms with van der Waals surface area (Å²) < 4.78 is 7.35. The molecular formula is C21H21N3O2. The number of hydrogen-bond acceptors (Lipinski definition) is 4. The average molecular weight is 347 g/mol. The van der Waals surface area contributed by atoms with Gasteiger partial charge in [0.1, 0.15) is 17.6 Å². The summed E-state index contributed by atoms with van der Waals surface area (Å²) in [5, 5.41) is 13.9. The number of rotatable bonds is 4. The van der Waals surface area contributed by atoms with Gasteiger partial charge in [0.2, 0.25) is 0 Å². The van der Waals surface area contributed by atoms with Crippen LogP contribution in [0.3, 0.4) is 0 Å². The fourth-order valence-electron chi connectivity index (χ4n) is 2.97. The first-order valence-corrected chi connectivity index (χ1v) is 8.96. The molecule has 0 bridgehead atoms. The number of aliphatic hydroxyl groups is 1. The van der Waals surface area contributed by atoms with E-state index in [0.29, 0.717) is 18.3 Å². The molecule has 0 radical (unpaired) electrons. The first-order valence-electron chi connectivity index (χ1n) is 8.96. The van der Waals surface area contributed by atoms with Gasteiger partial charge in [-0.2, -0.15) is 0 Å². The molecule has 0 saturated heterocycles. The lowest BCUT2D eigenvalue weighted by Gasteiger charge is -2.18. The molecule has 1 saturated carbocycles. The van der Waals surface area contributed by atoms with Crippen LogP contribution < -0.4 is 0 Å². The maximum atomic E-state index is 9.74. The zero-order chi connectivity index (χ0) is 17.9. The molecule has 2 aromatic heterocycles. The molecule has 0 spiro atoms. The fourth-order valence-corrected chi connectivity index (χ4v) is 2.97. The van der Waals surface area contributed by atoms with E-state index < -0.39 is 6.10 Å². The standard InChI is InChI=1S/C21H21N3O2/c1-15(25)21-22-11-12-24(21)14-19-13-20(26-23-19)18-9-7-17(8-10-18)6-5-16-3-2-4-16/h7-13,15-16,25H,2-4,14H2,1H3/t15-/m0/s1. The van der Waals surface area contributed by atoms with Gasteiger partial charge in [-0.3, -0.25) is 0 Å². The molecule has 1 N–H and O–H groups in total. The molecular weight excluding hydrogens is 326 g/mol. The highest BCUT2D eigenvalue weighted by Crippen LogP contribution is 2.25. The summed E-state index contributed by atoms with van der Waals surface area (Å²) in [7, 11) is 0. The maximum absolute atomic E-state index is 9.74. The maximum Gasteiger partial charge on any atom is 0.167 e. The molecule has 1 atom stereocenters. The number of benzene rings is 1. The van der Waals surface area contributed by atoms with Crippen LogP contribution in [0.25, 0.3) is 11.3 Å². The van der Waals surface area contributed by atoms with E-state index in [0.717, 1.165) is 22.6 Å². The lowest BCUT2D eigenvalue weighted by molar-refractivity contribution is 0.184. The predicted octanol–water partition coefficient (Wildman–Crippen LogP) is 3.79. The van der Waals surface area contributed by atoms with Crippen molar-refractivity contribution >= 4 is 0 Å². The van der Waals surface area contributed by atoms with Gasteiger partial charge in [0, 0.05) is 35.5 Å². The Bertz CT molecular complexity index is 938. The average Bonchev–Trinajstić information content (AvgIpc) is 3.24. The predicted molar refractivity (Wildman–Crippen MR) is 98.1 cm³/mol. The van der Waals surface area contributed by atoms with Crippen LogP contribution in [0.2, 0.25) is 0 Å². The highest BCUT2D eigenvalue weighted by molar-refractivity contribution is 5.59. The Morgan fingerprint density at radius 2 is 2.12 bits per heavy atom. The van der Waals surface area contributed by atoms with Crippen molar-refractivity contribution in [2.75, 3.05) is 0 Å². The van der Waals surface area contributed by atoms with Crippen LogP contribution in [-0.4, -0.2) is 19.8 Å². The van der Waals surface area contributed by atoms with Crippen LogP contribution in [0.15, 0.2) is 47.2 Å². The second-order valence-corrected chi connectivity index (χ2v) is 6.75. The lowest BCUT2D eigenvalue weighted by atomic mass is 9.86. The normalized spacial score (nSPS) is 15.2. The van der Waals surface area contributed by atoms with E-state index in [1.54, 1.807) is 13.1 Å². The molecule has 1 fully saturated rings. The van der Waals surface area contributed by atoms with Crippen molar-refractivity contribution in [1.82, 2.24) is 14.7 Å². The van der Waals surface area contributed by atoms with Gasteiger partial charge in [0.15, 0.2) is 5.76 Å². The molecule has 132 valence electrons. The van der Waals surface area contributed by atoms with Gasteiger partial charge in [-0.25, -0.2) is 4.98 Å². The molecule has 26 heavy (non-hydrogen) atoms. The summed E-state index contributed by atoms with van der Waals surface area (Å²) in [6.45, 7) is 2.21. The van der Waals surface area contributed by atoms with E-state index in [2.05, 4.69) is 22.0 Å². The van der Waals surface area contributed by atoms with Crippen molar-refractivity contribution < 1.29 is 9.63 Å².